The van der Waals surface area contributed by atoms with Gasteiger partial charge in [0.05, 0.1) is 5.56 Å². The predicted octanol–water partition coefficient (Wildman–Crippen LogP) is 3.17. The Morgan fingerprint density at radius 1 is 1.12 bits per heavy atom. The highest BCUT2D eigenvalue weighted by Gasteiger charge is 2.52. The predicted molar refractivity (Wildman–Crippen MR) is 58.7 cm³/mol. The molecule has 4 heteroatoms. The van der Waals surface area contributed by atoms with Crippen molar-refractivity contribution < 1.29 is 13.2 Å². The van der Waals surface area contributed by atoms with Crippen molar-refractivity contribution in [2.24, 2.45) is 5.41 Å². The van der Waals surface area contributed by atoms with E-state index in [9.17, 15) is 13.2 Å². The lowest BCUT2D eigenvalue weighted by Crippen LogP contribution is -2.12. The van der Waals surface area contributed by atoms with Gasteiger partial charge in [-0.15, -0.1) is 0 Å². The van der Waals surface area contributed by atoms with Crippen molar-refractivity contribution in [1.29, 1.82) is 0 Å². The first-order chi connectivity index (χ1) is 8.01. The number of nitrogens with one attached hydrogen (secondary N) is 1. The maximum Gasteiger partial charge on any atom is 0.416 e. The molecule has 1 saturated heterocycles. The summed E-state index contributed by atoms with van der Waals surface area (Å²) in [6, 6.07) is 5.68. The molecule has 0 radical (unpaired) electrons. The van der Waals surface area contributed by atoms with Crippen LogP contribution in [0, 0.1) is 5.41 Å². The Hall–Kier alpha value is -1.03. The molecule has 1 atom stereocenters. The number of alkyl halides is 3. The molecule has 2 aliphatic rings. The fourth-order valence-electron chi connectivity index (χ4n) is 2.87. The van der Waals surface area contributed by atoms with Gasteiger partial charge in [-0.1, -0.05) is 12.1 Å². The fraction of sp³-hybridized carbons (Fsp3) is 0.538. The van der Waals surface area contributed by atoms with E-state index in [1.165, 1.54) is 25.0 Å². The van der Waals surface area contributed by atoms with Crippen molar-refractivity contribution in [3.63, 3.8) is 0 Å². The molecule has 1 spiro atoms. The third-order valence-electron chi connectivity index (χ3n) is 4.10. The van der Waals surface area contributed by atoms with Gasteiger partial charge in [0.1, 0.15) is 0 Å². The summed E-state index contributed by atoms with van der Waals surface area (Å²) in [4.78, 5) is 0. The van der Waals surface area contributed by atoms with Crippen molar-refractivity contribution in [1.82, 2.24) is 5.32 Å². The van der Waals surface area contributed by atoms with Crippen LogP contribution in [0.25, 0.3) is 0 Å². The van der Waals surface area contributed by atoms with E-state index in [4.69, 9.17) is 0 Å². The molecule has 1 unspecified atom stereocenters. The molecule has 1 aromatic rings. The van der Waals surface area contributed by atoms with Crippen molar-refractivity contribution in [3.05, 3.63) is 35.4 Å². The highest BCUT2D eigenvalue weighted by Crippen LogP contribution is 2.57. The van der Waals surface area contributed by atoms with Gasteiger partial charge in [0.25, 0.3) is 0 Å². The van der Waals surface area contributed by atoms with Crippen LogP contribution in [0.5, 0.6) is 0 Å². The lowest BCUT2D eigenvalue weighted by atomic mass is 9.86. The van der Waals surface area contributed by atoms with Crippen LogP contribution >= 0.6 is 0 Å². The summed E-state index contributed by atoms with van der Waals surface area (Å²) in [6.45, 7) is 1.91. The topological polar surface area (TPSA) is 12.0 Å². The monoisotopic (exact) mass is 241 g/mol. The zero-order valence-corrected chi connectivity index (χ0v) is 9.35. The fourth-order valence-corrected chi connectivity index (χ4v) is 2.87. The van der Waals surface area contributed by atoms with Crippen LogP contribution in [0.3, 0.4) is 0 Å². The molecule has 1 aliphatic carbocycles. The minimum atomic E-state index is -4.23. The number of benzene rings is 1. The lowest BCUT2D eigenvalue weighted by Gasteiger charge is -2.18. The second kappa shape index (κ2) is 3.48. The van der Waals surface area contributed by atoms with E-state index in [-0.39, 0.29) is 0 Å². The van der Waals surface area contributed by atoms with Crippen LogP contribution in [-0.4, -0.2) is 13.1 Å². The molecule has 1 saturated carbocycles. The molecule has 1 heterocycles. The number of halogens is 3. The molecular weight excluding hydrogens is 227 g/mol. The third kappa shape index (κ3) is 1.84. The number of hydrogen-bond donors (Lipinski definition) is 1. The van der Waals surface area contributed by atoms with Gasteiger partial charge in [0.15, 0.2) is 0 Å². The third-order valence-corrected chi connectivity index (χ3v) is 4.10. The normalized spacial score (nSPS) is 26.4. The molecule has 1 N–H and O–H groups in total. The van der Waals surface area contributed by atoms with Gasteiger partial charge in [0, 0.05) is 19.0 Å². The van der Waals surface area contributed by atoms with Crippen LogP contribution in [0.1, 0.15) is 29.9 Å². The summed E-state index contributed by atoms with van der Waals surface area (Å²) >= 11 is 0. The molecule has 1 aromatic carbocycles. The van der Waals surface area contributed by atoms with E-state index in [1.807, 2.05) is 0 Å². The Morgan fingerprint density at radius 2 is 1.76 bits per heavy atom. The van der Waals surface area contributed by atoms with Gasteiger partial charge in [-0.3, -0.25) is 0 Å². The summed E-state index contributed by atoms with van der Waals surface area (Å²) in [5.41, 5.74) is 0.831. The average Bonchev–Trinajstić information content (AvgIpc) is 2.90. The smallest absolute Gasteiger partial charge is 0.316 e. The summed E-state index contributed by atoms with van der Waals surface area (Å²) < 4.78 is 37.3. The van der Waals surface area contributed by atoms with Crippen LogP contribution in [0.2, 0.25) is 0 Å². The largest absolute Gasteiger partial charge is 0.416 e. The Balaban J connectivity index is 1.85. The summed E-state index contributed by atoms with van der Waals surface area (Å²) in [7, 11) is 0. The van der Waals surface area contributed by atoms with Gasteiger partial charge in [-0.25, -0.2) is 0 Å². The van der Waals surface area contributed by atoms with E-state index in [1.54, 1.807) is 12.1 Å². The molecule has 3 rings (SSSR count). The SMILES string of the molecule is FC(F)(F)c1ccc(C2CNCC23CC3)cc1. The van der Waals surface area contributed by atoms with Crippen molar-refractivity contribution >= 4 is 0 Å². The molecule has 0 bridgehead atoms. The molecule has 92 valence electrons. The maximum absolute atomic E-state index is 12.4. The maximum atomic E-state index is 12.4. The van der Waals surface area contributed by atoms with Gasteiger partial charge in [-0.2, -0.15) is 13.2 Å². The summed E-state index contributed by atoms with van der Waals surface area (Å²) in [5.74, 6) is 0.393. The minimum absolute atomic E-state index is 0.347. The van der Waals surface area contributed by atoms with E-state index >= 15 is 0 Å². The van der Waals surface area contributed by atoms with Crippen molar-refractivity contribution in [2.45, 2.75) is 24.9 Å². The van der Waals surface area contributed by atoms with Gasteiger partial charge >= 0.3 is 6.18 Å². The molecule has 2 fully saturated rings. The Morgan fingerprint density at radius 3 is 2.29 bits per heavy atom. The van der Waals surface area contributed by atoms with E-state index in [0.717, 1.165) is 18.7 Å². The molecule has 1 aliphatic heterocycles. The van der Waals surface area contributed by atoms with Gasteiger partial charge < -0.3 is 5.32 Å². The van der Waals surface area contributed by atoms with E-state index in [2.05, 4.69) is 5.32 Å². The molecule has 0 amide bonds. The zero-order chi connectivity index (χ0) is 12.1. The van der Waals surface area contributed by atoms with Crippen LogP contribution < -0.4 is 5.32 Å². The van der Waals surface area contributed by atoms with Crippen LogP contribution in [-0.2, 0) is 6.18 Å². The van der Waals surface area contributed by atoms with E-state index < -0.39 is 11.7 Å². The first kappa shape index (κ1) is 11.1. The Kier molecular flexibility index (Phi) is 2.27. The number of rotatable bonds is 1. The zero-order valence-electron chi connectivity index (χ0n) is 9.35. The molecular formula is C13H14F3N. The lowest BCUT2D eigenvalue weighted by molar-refractivity contribution is -0.137. The van der Waals surface area contributed by atoms with Crippen molar-refractivity contribution in [3.8, 4) is 0 Å². The summed E-state index contributed by atoms with van der Waals surface area (Å²) in [5, 5.41) is 3.35. The molecule has 1 nitrogen and oxygen atoms in total. The Bertz CT molecular complexity index is 417. The van der Waals surface area contributed by atoms with Gasteiger partial charge in [0.2, 0.25) is 0 Å². The quantitative estimate of drug-likeness (QED) is 0.796. The highest BCUT2D eigenvalue weighted by atomic mass is 19.4. The van der Waals surface area contributed by atoms with Crippen LogP contribution in [0.15, 0.2) is 24.3 Å². The Labute approximate surface area is 98.0 Å². The highest BCUT2D eigenvalue weighted by molar-refractivity contribution is 5.31. The second-order valence-electron chi connectivity index (χ2n) is 5.17. The average molecular weight is 241 g/mol. The standard InChI is InChI=1S/C13H14F3N/c14-13(15,16)10-3-1-9(2-4-10)11-7-17-8-12(11)5-6-12/h1-4,11,17H,5-8H2. The molecule has 17 heavy (non-hydrogen) atoms. The second-order valence-corrected chi connectivity index (χ2v) is 5.17. The number of hydrogen-bond acceptors (Lipinski definition) is 1. The van der Waals surface area contributed by atoms with E-state index in [0.29, 0.717) is 11.3 Å². The summed E-state index contributed by atoms with van der Waals surface area (Å²) in [6.07, 6.45) is -1.83. The first-order valence-electron chi connectivity index (χ1n) is 5.89. The first-order valence-corrected chi connectivity index (χ1v) is 5.89. The van der Waals surface area contributed by atoms with Gasteiger partial charge in [-0.05, 0) is 36.0 Å². The van der Waals surface area contributed by atoms with Crippen LogP contribution in [0.4, 0.5) is 13.2 Å². The minimum Gasteiger partial charge on any atom is -0.316 e. The van der Waals surface area contributed by atoms with Crippen molar-refractivity contribution in [2.75, 3.05) is 13.1 Å². The molecule has 0 aromatic heterocycles.